The molecule has 0 bridgehead atoms. The standard InChI is InChI=1S/C15H17F3N2/c1-2-20-7-6-13(11-20)10-19-9-12-4-3-5-14(8-12)15(16,17)18/h3-8,11,19H,2,9-10H2,1H3. The van der Waals surface area contributed by atoms with Crippen LogP contribution in [0.1, 0.15) is 23.6 Å². The fourth-order valence-corrected chi connectivity index (χ4v) is 2.00. The highest BCUT2D eigenvalue weighted by Gasteiger charge is 2.30. The van der Waals surface area contributed by atoms with Crippen molar-refractivity contribution < 1.29 is 13.2 Å². The van der Waals surface area contributed by atoms with Crippen molar-refractivity contribution in [2.75, 3.05) is 0 Å². The van der Waals surface area contributed by atoms with Gasteiger partial charge < -0.3 is 9.88 Å². The molecule has 0 fully saturated rings. The summed E-state index contributed by atoms with van der Waals surface area (Å²) in [5.41, 5.74) is 1.16. The van der Waals surface area contributed by atoms with Crippen LogP contribution in [0.15, 0.2) is 42.7 Å². The number of aryl methyl sites for hydroxylation is 1. The zero-order valence-electron chi connectivity index (χ0n) is 11.2. The lowest BCUT2D eigenvalue weighted by Gasteiger charge is -2.09. The van der Waals surface area contributed by atoms with Gasteiger partial charge in [0, 0.05) is 32.0 Å². The van der Waals surface area contributed by atoms with E-state index in [9.17, 15) is 13.2 Å². The first-order valence-electron chi connectivity index (χ1n) is 6.50. The molecule has 0 aliphatic rings. The predicted molar refractivity (Wildman–Crippen MR) is 72.1 cm³/mol. The molecule has 1 N–H and O–H groups in total. The molecular weight excluding hydrogens is 265 g/mol. The van der Waals surface area contributed by atoms with Gasteiger partial charge in [-0.1, -0.05) is 18.2 Å². The Hall–Kier alpha value is -1.75. The molecule has 1 aromatic heterocycles. The van der Waals surface area contributed by atoms with Gasteiger partial charge in [-0.25, -0.2) is 0 Å². The van der Waals surface area contributed by atoms with E-state index >= 15 is 0 Å². The first kappa shape index (κ1) is 14.7. The molecule has 0 saturated carbocycles. The third kappa shape index (κ3) is 3.87. The molecule has 0 aliphatic carbocycles. The van der Waals surface area contributed by atoms with Gasteiger partial charge in [0.05, 0.1) is 5.56 Å². The largest absolute Gasteiger partial charge is 0.416 e. The van der Waals surface area contributed by atoms with Crippen molar-refractivity contribution >= 4 is 0 Å². The third-order valence-corrected chi connectivity index (χ3v) is 3.09. The van der Waals surface area contributed by atoms with Gasteiger partial charge in [-0.3, -0.25) is 0 Å². The van der Waals surface area contributed by atoms with Crippen molar-refractivity contribution in [2.24, 2.45) is 0 Å². The first-order valence-corrected chi connectivity index (χ1v) is 6.50. The molecule has 108 valence electrons. The number of alkyl halides is 3. The lowest BCUT2D eigenvalue weighted by Crippen LogP contribution is -2.13. The van der Waals surface area contributed by atoms with Crippen LogP contribution in [0.4, 0.5) is 13.2 Å². The number of aromatic nitrogens is 1. The summed E-state index contributed by atoms with van der Waals surface area (Å²) in [7, 11) is 0. The molecule has 2 rings (SSSR count). The third-order valence-electron chi connectivity index (χ3n) is 3.09. The monoisotopic (exact) mass is 282 g/mol. The maximum absolute atomic E-state index is 12.6. The normalized spacial score (nSPS) is 11.8. The van der Waals surface area contributed by atoms with Crippen LogP contribution in [0.25, 0.3) is 0 Å². The van der Waals surface area contributed by atoms with Crippen LogP contribution < -0.4 is 5.32 Å². The highest BCUT2D eigenvalue weighted by Crippen LogP contribution is 2.29. The van der Waals surface area contributed by atoms with E-state index in [-0.39, 0.29) is 0 Å². The minimum atomic E-state index is -4.28. The molecule has 20 heavy (non-hydrogen) atoms. The predicted octanol–water partition coefficient (Wildman–Crippen LogP) is 3.82. The minimum Gasteiger partial charge on any atom is -0.354 e. The fourth-order valence-electron chi connectivity index (χ4n) is 2.00. The quantitative estimate of drug-likeness (QED) is 0.882. The van der Waals surface area contributed by atoms with Crippen LogP contribution in [-0.4, -0.2) is 4.57 Å². The van der Waals surface area contributed by atoms with Gasteiger partial charge in [0.15, 0.2) is 0 Å². The van der Waals surface area contributed by atoms with Crippen LogP contribution in [0.5, 0.6) is 0 Å². The number of hydrogen-bond donors (Lipinski definition) is 1. The molecular formula is C15H17F3N2. The van der Waals surface area contributed by atoms with Gasteiger partial charge >= 0.3 is 6.18 Å². The van der Waals surface area contributed by atoms with Gasteiger partial charge in [-0.15, -0.1) is 0 Å². The van der Waals surface area contributed by atoms with E-state index in [0.717, 1.165) is 18.2 Å². The van der Waals surface area contributed by atoms with Gasteiger partial charge in [0.2, 0.25) is 0 Å². The van der Waals surface area contributed by atoms with Crippen LogP contribution >= 0.6 is 0 Å². The highest BCUT2D eigenvalue weighted by atomic mass is 19.4. The van der Waals surface area contributed by atoms with Gasteiger partial charge in [0.25, 0.3) is 0 Å². The minimum absolute atomic E-state index is 0.418. The molecule has 0 atom stereocenters. The smallest absolute Gasteiger partial charge is 0.354 e. The van der Waals surface area contributed by atoms with E-state index < -0.39 is 11.7 Å². The Morgan fingerprint density at radius 1 is 1.10 bits per heavy atom. The molecule has 0 saturated heterocycles. The molecule has 5 heteroatoms. The molecule has 0 aliphatic heterocycles. The lowest BCUT2D eigenvalue weighted by atomic mass is 10.1. The number of halogens is 3. The summed E-state index contributed by atoms with van der Waals surface area (Å²) in [6.07, 6.45) is -0.269. The second-order valence-corrected chi connectivity index (χ2v) is 4.65. The maximum Gasteiger partial charge on any atom is 0.416 e. The SMILES string of the molecule is CCn1ccc(CNCc2cccc(C(F)(F)F)c2)c1. The molecule has 1 aromatic carbocycles. The summed E-state index contributed by atoms with van der Waals surface area (Å²) in [4.78, 5) is 0. The Kier molecular flexibility index (Phi) is 4.49. The number of benzene rings is 1. The maximum atomic E-state index is 12.6. The van der Waals surface area contributed by atoms with Gasteiger partial charge in [-0.2, -0.15) is 13.2 Å². The summed E-state index contributed by atoms with van der Waals surface area (Å²) in [5, 5.41) is 3.15. The molecule has 0 amide bonds. The summed E-state index contributed by atoms with van der Waals surface area (Å²) in [5.74, 6) is 0. The first-order chi connectivity index (χ1) is 9.49. The Bertz CT molecular complexity index is 558. The van der Waals surface area contributed by atoms with E-state index in [0.29, 0.717) is 18.7 Å². The van der Waals surface area contributed by atoms with E-state index in [1.165, 1.54) is 12.1 Å². The summed E-state index contributed by atoms with van der Waals surface area (Å²) >= 11 is 0. The van der Waals surface area contributed by atoms with E-state index in [1.54, 1.807) is 6.07 Å². The van der Waals surface area contributed by atoms with Crippen molar-refractivity contribution in [2.45, 2.75) is 32.7 Å². The topological polar surface area (TPSA) is 17.0 Å². The van der Waals surface area contributed by atoms with Crippen LogP contribution in [0, 0.1) is 0 Å². The molecule has 2 nitrogen and oxygen atoms in total. The van der Waals surface area contributed by atoms with Crippen molar-refractivity contribution in [3.05, 3.63) is 59.4 Å². The molecule has 1 heterocycles. The zero-order chi connectivity index (χ0) is 14.6. The van der Waals surface area contributed by atoms with Crippen LogP contribution in [-0.2, 0) is 25.8 Å². The van der Waals surface area contributed by atoms with Crippen molar-refractivity contribution in [1.82, 2.24) is 9.88 Å². The lowest BCUT2D eigenvalue weighted by molar-refractivity contribution is -0.137. The van der Waals surface area contributed by atoms with E-state index in [4.69, 9.17) is 0 Å². The van der Waals surface area contributed by atoms with E-state index in [1.807, 2.05) is 18.5 Å². The van der Waals surface area contributed by atoms with Gasteiger partial charge in [0.1, 0.15) is 0 Å². The molecule has 0 unspecified atom stereocenters. The highest BCUT2D eigenvalue weighted by molar-refractivity contribution is 5.25. The van der Waals surface area contributed by atoms with Crippen LogP contribution in [0.3, 0.4) is 0 Å². The Morgan fingerprint density at radius 3 is 2.50 bits per heavy atom. The second kappa shape index (κ2) is 6.13. The number of nitrogens with one attached hydrogen (secondary N) is 1. The Morgan fingerprint density at radius 2 is 1.85 bits per heavy atom. The number of hydrogen-bond acceptors (Lipinski definition) is 1. The van der Waals surface area contributed by atoms with Crippen molar-refractivity contribution in [3.63, 3.8) is 0 Å². The second-order valence-electron chi connectivity index (χ2n) is 4.65. The van der Waals surface area contributed by atoms with Gasteiger partial charge in [-0.05, 0) is 30.2 Å². The molecule has 0 radical (unpaired) electrons. The number of nitrogens with zero attached hydrogens (tertiary/aromatic N) is 1. The molecule has 2 aromatic rings. The number of rotatable bonds is 5. The Labute approximate surface area is 116 Å². The molecule has 0 spiro atoms. The van der Waals surface area contributed by atoms with Crippen molar-refractivity contribution in [1.29, 1.82) is 0 Å². The summed E-state index contributed by atoms with van der Waals surface area (Å²) in [6.45, 7) is 4.03. The zero-order valence-corrected chi connectivity index (χ0v) is 11.2. The van der Waals surface area contributed by atoms with E-state index in [2.05, 4.69) is 16.8 Å². The fraction of sp³-hybridized carbons (Fsp3) is 0.333. The average molecular weight is 282 g/mol. The average Bonchev–Trinajstić information content (AvgIpc) is 2.86. The summed E-state index contributed by atoms with van der Waals surface area (Å²) < 4.78 is 39.8. The van der Waals surface area contributed by atoms with Crippen LogP contribution in [0.2, 0.25) is 0 Å². The van der Waals surface area contributed by atoms with Crippen molar-refractivity contribution in [3.8, 4) is 0 Å². The Balaban J connectivity index is 1.91. The summed E-state index contributed by atoms with van der Waals surface area (Å²) in [6, 6.07) is 7.41.